The first-order valence-electron chi connectivity index (χ1n) is 9.82. The fourth-order valence-electron chi connectivity index (χ4n) is 4.79. The number of anilines is 1. The fourth-order valence-corrected chi connectivity index (χ4v) is 5.79. The van der Waals surface area contributed by atoms with Crippen molar-refractivity contribution in [3.05, 3.63) is 88.5 Å². The lowest BCUT2D eigenvalue weighted by atomic mass is 9.95. The highest BCUT2D eigenvalue weighted by atomic mass is 32.2. The van der Waals surface area contributed by atoms with Crippen LogP contribution in [-0.2, 0) is 16.5 Å². The van der Waals surface area contributed by atoms with Gasteiger partial charge in [0.25, 0.3) is 0 Å². The Morgan fingerprint density at radius 2 is 1.66 bits per heavy atom. The van der Waals surface area contributed by atoms with Crippen molar-refractivity contribution < 1.29 is 12.6 Å². The summed E-state index contributed by atoms with van der Waals surface area (Å²) in [5.74, 6) is 0.759. The first-order valence-corrected chi connectivity index (χ1v) is 11.2. The molecule has 0 radical (unpaired) electrons. The highest BCUT2D eigenvalue weighted by molar-refractivity contribution is 7.87. The second-order valence-electron chi connectivity index (χ2n) is 8.07. The van der Waals surface area contributed by atoms with E-state index >= 15 is 0 Å². The van der Waals surface area contributed by atoms with Gasteiger partial charge in [-0.2, -0.15) is 8.42 Å². The standard InChI is InChI=1S/C24H23NO3S/c1-15-8-11-18(12-9-15)29(26,27)28-24-16(2)10-13-20-21-14-17-6-4-5-7-19(17)22(21)25(3)23(20)24/h4-13,21-22H,14H2,1-3H3/t21-,22-/m1/s1. The van der Waals surface area contributed by atoms with E-state index in [4.69, 9.17) is 4.18 Å². The summed E-state index contributed by atoms with van der Waals surface area (Å²) in [6.07, 6.45) is 0.964. The summed E-state index contributed by atoms with van der Waals surface area (Å²) < 4.78 is 31.7. The van der Waals surface area contributed by atoms with Crippen LogP contribution >= 0.6 is 0 Å². The Morgan fingerprint density at radius 1 is 0.931 bits per heavy atom. The zero-order valence-corrected chi connectivity index (χ0v) is 17.5. The van der Waals surface area contributed by atoms with Crippen molar-refractivity contribution in [2.24, 2.45) is 0 Å². The second-order valence-corrected chi connectivity index (χ2v) is 9.61. The molecule has 5 heteroatoms. The largest absolute Gasteiger partial charge is 0.376 e. The number of rotatable bonds is 3. The first kappa shape index (κ1) is 18.3. The van der Waals surface area contributed by atoms with E-state index in [1.165, 1.54) is 11.1 Å². The maximum atomic E-state index is 13.0. The summed E-state index contributed by atoms with van der Waals surface area (Å²) in [4.78, 5) is 2.37. The van der Waals surface area contributed by atoms with E-state index in [-0.39, 0.29) is 10.9 Å². The number of benzene rings is 3. The van der Waals surface area contributed by atoms with Gasteiger partial charge in [0.1, 0.15) is 4.90 Å². The third-order valence-corrected chi connectivity index (χ3v) is 7.46. The Kier molecular flexibility index (Phi) is 4.00. The van der Waals surface area contributed by atoms with E-state index < -0.39 is 10.1 Å². The van der Waals surface area contributed by atoms with Crippen LogP contribution in [0, 0.1) is 13.8 Å². The van der Waals surface area contributed by atoms with Crippen molar-refractivity contribution in [2.75, 3.05) is 11.9 Å². The normalized spacial score (nSPS) is 19.6. The summed E-state index contributed by atoms with van der Waals surface area (Å²) in [5.41, 5.74) is 6.57. The molecule has 4 nitrogen and oxygen atoms in total. The van der Waals surface area contributed by atoms with Crippen molar-refractivity contribution in [3.63, 3.8) is 0 Å². The summed E-state index contributed by atoms with van der Waals surface area (Å²) in [7, 11) is -1.87. The summed E-state index contributed by atoms with van der Waals surface area (Å²) in [5, 5.41) is 0. The second kappa shape index (κ2) is 6.36. The van der Waals surface area contributed by atoms with Gasteiger partial charge in [-0.1, -0.05) is 54.1 Å². The molecular weight excluding hydrogens is 382 g/mol. The fraction of sp³-hybridized carbons (Fsp3) is 0.250. The number of fused-ring (bicyclic) bond motifs is 5. The quantitative estimate of drug-likeness (QED) is 0.582. The molecular formula is C24H23NO3S. The lowest BCUT2D eigenvalue weighted by Gasteiger charge is -2.25. The number of hydrogen-bond acceptors (Lipinski definition) is 4. The Balaban J connectivity index is 1.58. The molecule has 0 amide bonds. The van der Waals surface area contributed by atoms with E-state index in [0.717, 1.165) is 28.8 Å². The molecule has 1 heterocycles. The lowest BCUT2D eigenvalue weighted by Crippen LogP contribution is -2.21. The Hall–Kier alpha value is -2.79. The Labute approximate surface area is 171 Å². The van der Waals surface area contributed by atoms with Gasteiger partial charge < -0.3 is 9.08 Å². The van der Waals surface area contributed by atoms with Crippen LogP contribution in [0.15, 0.2) is 65.6 Å². The van der Waals surface area contributed by atoms with Gasteiger partial charge in [-0.05, 0) is 54.7 Å². The molecule has 0 N–H and O–H groups in total. The highest BCUT2D eigenvalue weighted by Gasteiger charge is 2.45. The van der Waals surface area contributed by atoms with Crippen LogP contribution in [0.1, 0.15) is 39.8 Å². The molecule has 0 aromatic heterocycles. The minimum atomic E-state index is -3.91. The topological polar surface area (TPSA) is 46.6 Å². The molecule has 5 rings (SSSR count). The molecule has 0 saturated heterocycles. The molecule has 2 atom stereocenters. The Morgan fingerprint density at radius 3 is 2.41 bits per heavy atom. The van der Waals surface area contributed by atoms with Crippen molar-refractivity contribution in [3.8, 4) is 5.75 Å². The zero-order valence-electron chi connectivity index (χ0n) is 16.7. The minimum absolute atomic E-state index is 0.172. The maximum absolute atomic E-state index is 13.0. The highest BCUT2D eigenvalue weighted by Crippen LogP contribution is 2.57. The predicted molar refractivity (Wildman–Crippen MR) is 114 cm³/mol. The first-order chi connectivity index (χ1) is 13.9. The summed E-state index contributed by atoms with van der Waals surface area (Å²) in [6, 6.07) is 19.6. The van der Waals surface area contributed by atoms with Crippen LogP contribution in [0.3, 0.4) is 0 Å². The molecule has 148 valence electrons. The number of aryl methyl sites for hydroxylation is 2. The van der Waals surface area contributed by atoms with Crippen molar-refractivity contribution >= 4 is 15.8 Å². The van der Waals surface area contributed by atoms with Crippen molar-refractivity contribution in [1.82, 2.24) is 0 Å². The van der Waals surface area contributed by atoms with Gasteiger partial charge in [0, 0.05) is 13.0 Å². The molecule has 3 aromatic carbocycles. The van der Waals surface area contributed by atoms with Crippen LogP contribution < -0.4 is 9.08 Å². The molecule has 2 aliphatic rings. The minimum Gasteiger partial charge on any atom is -0.376 e. The lowest BCUT2D eigenvalue weighted by molar-refractivity contribution is 0.484. The van der Waals surface area contributed by atoms with Crippen LogP contribution in [0.4, 0.5) is 5.69 Å². The van der Waals surface area contributed by atoms with Gasteiger partial charge in [-0.15, -0.1) is 0 Å². The molecule has 3 aromatic rings. The molecule has 1 aliphatic carbocycles. The SMILES string of the molecule is Cc1ccc(S(=O)(=O)Oc2c(C)ccc3c2N(C)[C@@H]2c4ccccc4C[C@H]32)cc1. The number of hydrogen-bond donors (Lipinski definition) is 0. The van der Waals surface area contributed by atoms with E-state index in [2.05, 4.69) is 35.2 Å². The van der Waals surface area contributed by atoms with Crippen molar-refractivity contribution in [2.45, 2.75) is 37.1 Å². The molecule has 0 unspecified atom stereocenters. The molecule has 1 aliphatic heterocycles. The average molecular weight is 406 g/mol. The van der Waals surface area contributed by atoms with Gasteiger partial charge in [-0.25, -0.2) is 0 Å². The van der Waals surface area contributed by atoms with Crippen LogP contribution in [0.5, 0.6) is 5.75 Å². The Bertz CT molecular complexity index is 1220. The number of likely N-dealkylation sites (N-methyl/N-ethyl adjacent to an activating group) is 1. The van der Waals surface area contributed by atoms with E-state index in [1.807, 2.05) is 27.0 Å². The summed E-state index contributed by atoms with van der Waals surface area (Å²) >= 11 is 0. The van der Waals surface area contributed by atoms with Gasteiger partial charge in [-0.3, -0.25) is 0 Å². The van der Waals surface area contributed by atoms with E-state index in [9.17, 15) is 8.42 Å². The maximum Gasteiger partial charge on any atom is 0.339 e. The van der Waals surface area contributed by atoms with Crippen LogP contribution in [0.25, 0.3) is 0 Å². The van der Waals surface area contributed by atoms with Crippen LogP contribution in [-0.4, -0.2) is 15.5 Å². The summed E-state index contributed by atoms with van der Waals surface area (Å²) in [6.45, 7) is 3.83. The van der Waals surface area contributed by atoms with Gasteiger partial charge in [0.05, 0.1) is 11.7 Å². The molecule has 0 spiro atoms. The van der Waals surface area contributed by atoms with E-state index in [1.54, 1.807) is 24.3 Å². The van der Waals surface area contributed by atoms with Crippen molar-refractivity contribution in [1.29, 1.82) is 0 Å². The molecule has 0 fully saturated rings. The zero-order chi connectivity index (χ0) is 20.3. The molecule has 0 bridgehead atoms. The predicted octanol–water partition coefficient (Wildman–Crippen LogP) is 4.90. The third kappa shape index (κ3) is 2.76. The van der Waals surface area contributed by atoms with Gasteiger partial charge in [0.15, 0.2) is 5.75 Å². The van der Waals surface area contributed by atoms with Gasteiger partial charge in [0.2, 0.25) is 0 Å². The molecule has 29 heavy (non-hydrogen) atoms. The van der Waals surface area contributed by atoms with Gasteiger partial charge >= 0.3 is 10.1 Å². The number of nitrogens with zero attached hydrogens (tertiary/aromatic N) is 1. The molecule has 0 saturated carbocycles. The monoisotopic (exact) mass is 405 g/mol. The van der Waals surface area contributed by atoms with Crippen LogP contribution in [0.2, 0.25) is 0 Å². The average Bonchev–Trinajstić information content (AvgIpc) is 3.20. The smallest absolute Gasteiger partial charge is 0.339 e. The third-order valence-electron chi connectivity index (χ3n) is 6.23. The van der Waals surface area contributed by atoms with E-state index in [0.29, 0.717) is 11.7 Å².